The highest BCUT2D eigenvalue weighted by Gasteiger charge is 2.43. The number of fused-ring (bicyclic) bond motifs is 2. The second-order valence-corrected chi connectivity index (χ2v) is 8.19. The van der Waals surface area contributed by atoms with Crippen LogP contribution in [-0.2, 0) is 0 Å². The van der Waals surface area contributed by atoms with Crippen molar-refractivity contribution in [3.05, 3.63) is 0 Å². The van der Waals surface area contributed by atoms with Gasteiger partial charge in [0.05, 0.1) is 0 Å². The van der Waals surface area contributed by atoms with E-state index in [1.54, 1.807) is 25.7 Å². The third kappa shape index (κ3) is 2.66. The molecule has 2 nitrogen and oxygen atoms in total. The van der Waals surface area contributed by atoms with Crippen molar-refractivity contribution in [3.8, 4) is 0 Å². The van der Waals surface area contributed by atoms with E-state index in [0.29, 0.717) is 0 Å². The molecule has 2 heteroatoms. The van der Waals surface area contributed by atoms with Crippen LogP contribution in [0, 0.1) is 23.7 Å². The molecule has 3 aliphatic carbocycles. The molecule has 1 saturated heterocycles. The molecule has 1 N–H and O–H groups in total. The van der Waals surface area contributed by atoms with Crippen LogP contribution >= 0.6 is 0 Å². The van der Waals surface area contributed by atoms with Crippen molar-refractivity contribution in [1.82, 2.24) is 10.2 Å². The Morgan fingerprint density at radius 3 is 2.55 bits per heavy atom. The minimum absolute atomic E-state index is 0.772. The molecular formula is C18H32N2. The standard InChI is InChI=1S/C18H32N2/c1-2-3-17-12-20(18(10-19-17)14-6-7-14)11-16-9-13-4-5-15(16)8-13/h13-19H,2-12H2,1H3. The molecule has 1 aliphatic heterocycles. The Balaban J connectivity index is 1.39. The van der Waals surface area contributed by atoms with Crippen LogP contribution in [0.1, 0.15) is 58.3 Å². The first-order valence-corrected chi connectivity index (χ1v) is 9.31. The number of hydrogen-bond donors (Lipinski definition) is 1. The van der Waals surface area contributed by atoms with Crippen LogP contribution in [0.5, 0.6) is 0 Å². The van der Waals surface area contributed by atoms with Gasteiger partial charge >= 0.3 is 0 Å². The maximum absolute atomic E-state index is 3.84. The number of rotatable bonds is 5. The predicted octanol–water partition coefficient (Wildman–Crippen LogP) is 3.28. The Bertz CT molecular complexity index is 338. The molecule has 2 bridgehead atoms. The molecule has 5 atom stereocenters. The summed E-state index contributed by atoms with van der Waals surface area (Å²) >= 11 is 0. The van der Waals surface area contributed by atoms with E-state index in [0.717, 1.165) is 35.8 Å². The highest BCUT2D eigenvalue weighted by atomic mass is 15.2. The van der Waals surface area contributed by atoms with Gasteiger partial charge < -0.3 is 5.32 Å². The molecule has 4 fully saturated rings. The van der Waals surface area contributed by atoms with Gasteiger partial charge in [-0.3, -0.25) is 4.90 Å². The normalized spacial score (nSPS) is 45.1. The minimum atomic E-state index is 0.772. The van der Waals surface area contributed by atoms with Crippen molar-refractivity contribution in [2.24, 2.45) is 23.7 Å². The molecule has 4 rings (SSSR count). The third-order valence-electron chi connectivity index (χ3n) is 6.70. The van der Waals surface area contributed by atoms with Crippen molar-refractivity contribution in [3.63, 3.8) is 0 Å². The Morgan fingerprint density at radius 2 is 1.90 bits per heavy atom. The molecule has 20 heavy (non-hydrogen) atoms. The number of nitrogens with one attached hydrogen (secondary N) is 1. The first kappa shape index (κ1) is 13.6. The fourth-order valence-electron chi connectivity index (χ4n) is 5.50. The summed E-state index contributed by atoms with van der Waals surface area (Å²) in [5.41, 5.74) is 0. The summed E-state index contributed by atoms with van der Waals surface area (Å²) < 4.78 is 0. The SMILES string of the molecule is CCCC1CN(CC2CC3CCC2C3)C(C2CC2)CN1. The molecule has 0 aromatic carbocycles. The topological polar surface area (TPSA) is 15.3 Å². The molecule has 0 radical (unpaired) electrons. The molecule has 1 heterocycles. The molecule has 114 valence electrons. The van der Waals surface area contributed by atoms with E-state index in [2.05, 4.69) is 17.1 Å². The predicted molar refractivity (Wildman–Crippen MR) is 83.7 cm³/mol. The summed E-state index contributed by atoms with van der Waals surface area (Å²) in [6, 6.07) is 1.65. The quantitative estimate of drug-likeness (QED) is 0.829. The first-order chi connectivity index (χ1) is 9.83. The summed E-state index contributed by atoms with van der Waals surface area (Å²) in [5, 5.41) is 3.84. The molecule has 4 aliphatic rings. The average molecular weight is 276 g/mol. The zero-order valence-corrected chi connectivity index (χ0v) is 13.2. The second-order valence-electron chi connectivity index (χ2n) is 8.19. The van der Waals surface area contributed by atoms with Gasteiger partial charge in [0.25, 0.3) is 0 Å². The van der Waals surface area contributed by atoms with Gasteiger partial charge in [-0.05, 0) is 62.2 Å². The molecule has 0 aromatic heterocycles. The van der Waals surface area contributed by atoms with Crippen molar-refractivity contribution in [2.45, 2.75) is 70.4 Å². The maximum atomic E-state index is 3.84. The van der Waals surface area contributed by atoms with Gasteiger partial charge in [-0.25, -0.2) is 0 Å². The largest absolute Gasteiger partial charge is 0.311 e. The van der Waals surface area contributed by atoms with Gasteiger partial charge in [-0.15, -0.1) is 0 Å². The van der Waals surface area contributed by atoms with Gasteiger partial charge in [-0.1, -0.05) is 19.8 Å². The van der Waals surface area contributed by atoms with Gasteiger partial charge in [0.2, 0.25) is 0 Å². The average Bonchev–Trinajstić information content (AvgIpc) is 3.08. The minimum Gasteiger partial charge on any atom is -0.311 e. The molecule has 0 spiro atoms. The summed E-state index contributed by atoms with van der Waals surface area (Å²) in [7, 11) is 0. The van der Waals surface area contributed by atoms with Crippen molar-refractivity contribution in [2.75, 3.05) is 19.6 Å². The van der Waals surface area contributed by atoms with E-state index in [9.17, 15) is 0 Å². The summed E-state index contributed by atoms with van der Waals surface area (Å²) in [6.45, 7) is 6.37. The summed E-state index contributed by atoms with van der Waals surface area (Å²) in [6.07, 6.45) is 11.9. The zero-order chi connectivity index (χ0) is 13.5. The van der Waals surface area contributed by atoms with E-state index in [1.165, 1.54) is 45.3 Å². The van der Waals surface area contributed by atoms with E-state index in [1.807, 2.05) is 0 Å². The zero-order valence-electron chi connectivity index (χ0n) is 13.2. The molecule has 0 aromatic rings. The number of hydrogen-bond acceptors (Lipinski definition) is 2. The fourth-order valence-corrected chi connectivity index (χ4v) is 5.50. The maximum Gasteiger partial charge on any atom is 0.0249 e. The third-order valence-corrected chi connectivity index (χ3v) is 6.70. The Kier molecular flexibility index (Phi) is 3.80. The lowest BCUT2D eigenvalue weighted by Crippen LogP contribution is -2.58. The summed E-state index contributed by atoms with van der Waals surface area (Å²) in [4.78, 5) is 2.93. The number of piperazine rings is 1. The molecule has 3 saturated carbocycles. The van der Waals surface area contributed by atoms with E-state index in [-0.39, 0.29) is 0 Å². The highest BCUT2D eigenvalue weighted by Crippen LogP contribution is 2.49. The van der Waals surface area contributed by atoms with Crippen LogP contribution < -0.4 is 5.32 Å². The Hall–Kier alpha value is -0.0800. The van der Waals surface area contributed by atoms with Crippen LogP contribution in [0.2, 0.25) is 0 Å². The van der Waals surface area contributed by atoms with Crippen molar-refractivity contribution >= 4 is 0 Å². The smallest absolute Gasteiger partial charge is 0.0249 e. The van der Waals surface area contributed by atoms with E-state index >= 15 is 0 Å². The van der Waals surface area contributed by atoms with Crippen LogP contribution in [0.15, 0.2) is 0 Å². The van der Waals surface area contributed by atoms with Crippen LogP contribution in [-0.4, -0.2) is 36.6 Å². The molecule has 0 amide bonds. The van der Waals surface area contributed by atoms with E-state index in [4.69, 9.17) is 0 Å². The Labute approximate surface area is 124 Å². The lowest BCUT2D eigenvalue weighted by atomic mass is 9.87. The number of nitrogens with zero attached hydrogens (tertiary/aromatic N) is 1. The first-order valence-electron chi connectivity index (χ1n) is 9.31. The lowest BCUT2D eigenvalue weighted by Gasteiger charge is -2.43. The molecular weight excluding hydrogens is 244 g/mol. The summed E-state index contributed by atoms with van der Waals surface area (Å²) in [5.74, 6) is 4.29. The van der Waals surface area contributed by atoms with Crippen LogP contribution in [0.3, 0.4) is 0 Å². The van der Waals surface area contributed by atoms with E-state index < -0.39 is 0 Å². The van der Waals surface area contributed by atoms with Crippen molar-refractivity contribution in [1.29, 1.82) is 0 Å². The van der Waals surface area contributed by atoms with Crippen LogP contribution in [0.25, 0.3) is 0 Å². The monoisotopic (exact) mass is 276 g/mol. The van der Waals surface area contributed by atoms with Crippen molar-refractivity contribution < 1.29 is 0 Å². The second kappa shape index (κ2) is 5.61. The highest BCUT2D eigenvalue weighted by molar-refractivity contribution is 4.98. The van der Waals surface area contributed by atoms with Gasteiger partial charge in [0.1, 0.15) is 0 Å². The molecule has 5 unspecified atom stereocenters. The fraction of sp³-hybridized carbons (Fsp3) is 1.00. The van der Waals surface area contributed by atoms with Crippen LogP contribution in [0.4, 0.5) is 0 Å². The van der Waals surface area contributed by atoms with Gasteiger partial charge in [-0.2, -0.15) is 0 Å². The lowest BCUT2D eigenvalue weighted by molar-refractivity contribution is 0.0806. The Morgan fingerprint density at radius 1 is 1.05 bits per heavy atom. The van der Waals surface area contributed by atoms with Gasteiger partial charge in [0.15, 0.2) is 0 Å². The van der Waals surface area contributed by atoms with Gasteiger partial charge in [0, 0.05) is 31.7 Å².